The van der Waals surface area contributed by atoms with Crippen molar-refractivity contribution in [2.45, 2.75) is 108 Å². The van der Waals surface area contributed by atoms with Gasteiger partial charge in [-0.15, -0.1) is 0 Å². The van der Waals surface area contributed by atoms with Gasteiger partial charge in [-0.2, -0.15) is 126 Å². The van der Waals surface area contributed by atoms with E-state index in [2.05, 4.69) is 39.0 Å². The smallest absolute Gasteiger partial charge is 0.256 e. The van der Waals surface area contributed by atoms with Crippen molar-refractivity contribution in [2.75, 3.05) is 0 Å². The average Bonchev–Trinajstić information content (AvgIpc) is 1.52. The summed E-state index contributed by atoms with van der Waals surface area (Å²) in [5.74, 6) is -1.12. The van der Waals surface area contributed by atoms with Crippen LogP contribution in [-0.2, 0) is 38.5 Å². The molecule has 0 saturated heterocycles. The van der Waals surface area contributed by atoms with Crippen LogP contribution in [-0.4, -0.2) is 39.5 Å². The van der Waals surface area contributed by atoms with E-state index in [1.165, 1.54) is 67.9 Å². The molecule has 0 aliphatic heterocycles. The number of nitrogens with zero attached hydrogens (tertiary/aromatic N) is 14. The Labute approximate surface area is 777 Å². The number of hydrogen-bond acceptors (Lipinski definition) is 10. The minimum atomic E-state index is -10.3. The number of alkyl halides is 15. The molecule has 698 valence electrons. The second kappa shape index (κ2) is 34.4. The molecule has 15 rings (SSSR count). The molecule has 6 aliphatic rings. The molecule has 139 heavy (non-hydrogen) atoms. The Morgan fingerprint density at radius 2 is 0.518 bits per heavy atom. The zero-order valence-corrected chi connectivity index (χ0v) is 73.2. The van der Waals surface area contributed by atoms with Crippen LogP contribution in [0.4, 0.5) is 105 Å². The maximum atomic E-state index is 15.1. The summed E-state index contributed by atoms with van der Waals surface area (Å²) in [5, 5.41) is 56.9. The Hall–Kier alpha value is -16.0. The van der Waals surface area contributed by atoms with E-state index in [0.717, 1.165) is 24.3 Å². The Morgan fingerprint density at radius 1 is 0.302 bits per heavy atom. The van der Waals surface area contributed by atoms with E-state index < -0.39 is 186 Å². The molecule has 0 fully saturated rings. The fourth-order valence-electron chi connectivity index (χ4n) is 17.9. The van der Waals surface area contributed by atoms with Gasteiger partial charge in [-0.3, -0.25) is 9.97 Å². The lowest BCUT2D eigenvalue weighted by Crippen LogP contribution is -2.27. The monoisotopic (exact) mass is 2000 g/mol. The molecule has 43 heteroatoms. The fraction of sp³-hybridized carbons (Fsp3) is 0.146. The third-order valence-electron chi connectivity index (χ3n) is 23.0. The maximum Gasteiger partial charge on any atom is 0.523 e. The highest BCUT2D eigenvalue weighted by Gasteiger charge is 2.66. The van der Waals surface area contributed by atoms with Gasteiger partial charge < -0.3 is 0 Å². The molecule has 6 aliphatic carbocycles. The van der Waals surface area contributed by atoms with E-state index in [4.69, 9.17) is 39.4 Å². The largest absolute Gasteiger partial charge is 0.523 e. The third-order valence-corrected chi connectivity index (χ3v) is 26.8. The summed E-state index contributed by atoms with van der Waals surface area (Å²) in [5.41, 5.74) is -16.3. The summed E-state index contributed by atoms with van der Waals surface area (Å²) in [7, 11) is -20.6. The molecule has 0 unspecified atom stereocenters. The topological polar surface area (TPSA) is 195 Å². The number of pyridine rings is 2. The minimum Gasteiger partial charge on any atom is -0.256 e. The number of allylic oxidation sites excluding steroid dienone is 9. The van der Waals surface area contributed by atoms with Gasteiger partial charge in [0.25, 0.3) is 0 Å². The molecular weight excluding hydrogens is 1950 g/mol. The summed E-state index contributed by atoms with van der Waals surface area (Å²) in [4.78, 5) is 23.2. The number of aromatic nitrogens is 2. The second-order valence-electron chi connectivity index (χ2n) is 30.8. The summed E-state index contributed by atoms with van der Waals surface area (Å²) in [6, 6.07) is 30.2. The quantitative estimate of drug-likeness (QED) is 0.0550. The Balaban J connectivity index is 0.000000177. The lowest BCUT2D eigenvalue weighted by molar-refractivity contribution is -0.0704. The first-order valence-electron chi connectivity index (χ1n) is 38.9. The number of hydrogen-bond donors (Lipinski definition) is 0. The van der Waals surface area contributed by atoms with Crippen molar-refractivity contribution in [3.63, 3.8) is 0 Å². The molecule has 0 amide bonds. The van der Waals surface area contributed by atoms with E-state index >= 15 is 26.3 Å². The van der Waals surface area contributed by atoms with Gasteiger partial charge in [0.05, 0.1) is 44.8 Å². The molecule has 0 N–H and O–H groups in total. The summed E-state index contributed by atoms with van der Waals surface area (Å²) in [6.07, 6.45) is -15.1. The highest BCUT2D eigenvalue weighted by Crippen LogP contribution is 3.03. The SMILES string of the molecule is [C-]#[N+]C([N+]#[C-])=C1Cc2c(-c3ccc(S(F)(F)(F)(F)F)cc3)c3c(c(-c4ccc(S(F)(F)(F)(F)F)cc4)c2=C1C)CC(=C(C#N)C#N)C=3C(F)(F)F.[C-]#[N+]C([N+]#[C-])=C1Cc2c(-c3ccc(SC(F)(F)F)cc3)c3c(c(-c4ccc(SC(F)(F)F)cc4)c2=C1C)CC(=C(C#N)C#N)C=3C(F)(F)F.[C-]#[N+]C([N+]#[C-])=C1Cc2c(-c3ccccn3)c3c(c(-c4ccccn4)c2=C1C)CC(=C(C#N)C#N)C=3C(F)(F)F. The first kappa shape index (κ1) is 100. The summed E-state index contributed by atoms with van der Waals surface area (Å²) < 4.78 is 350. The van der Waals surface area contributed by atoms with Crippen molar-refractivity contribution in [3.05, 3.63) is 347 Å². The zero-order chi connectivity index (χ0) is 102. The molecule has 0 saturated carbocycles. The van der Waals surface area contributed by atoms with Gasteiger partial charge >= 0.3 is 67.5 Å². The molecule has 0 atom stereocenters. The van der Waals surface area contributed by atoms with Crippen LogP contribution in [0.2, 0.25) is 0 Å². The summed E-state index contributed by atoms with van der Waals surface area (Å²) >= 11 is -0.829. The van der Waals surface area contributed by atoms with Crippen LogP contribution in [0, 0.1) is 107 Å². The van der Waals surface area contributed by atoms with Crippen LogP contribution >= 0.6 is 44.0 Å². The van der Waals surface area contributed by atoms with Crippen molar-refractivity contribution in [1.29, 1.82) is 31.6 Å². The number of benzene rings is 7. The van der Waals surface area contributed by atoms with Gasteiger partial charge in [-0.1, -0.05) is 99.5 Å². The molecule has 2 heterocycles. The van der Waals surface area contributed by atoms with Crippen LogP contribution in [0.1, 0.15) is 54.2 Å². The molecule has 0 radical (unpaired) electrons. The molecule has 14 nitrogen and oxygen atoms in total. The Kier molecular flexibility index (Phi) is 24.9. The summed E-state index contributed by atoms with van der Waals surface area (Å²) in [6.45, 7) is 49.5. The zero-order valence-electron chi connectivity index (χ0n) is 69.9. The maximum absolute atomic E-state index is 15.1. The minimum absolute atomic E-state index is 0.00162. The first-order chi connectivity index (χ1) is 64.6. The van der Waals surface area contributed by atoms with Gasteiger partial charge in [0.1, 0.15) is 102 Å². The normalized spacial score (nSPS) is 15.1. The van der Waals surface area contributed by atoms with Crippen molar-refractivity contribution in [1.82, 2.24) is 9.97 Å². The van der Waals surface area contributed by atoms with Gasteiger partial charge in [-0.05, 0) is 274 Å². The predicted molar refractivity (Wildman–Crippen MR) is 465 cm³/mol. The predicted octanol–water partition coefficient (Wildman–Crippen LogP) is 26.6. The highest BCUT2D eigenvalue weighted by molar-refractivity contribution is 8.46. The third kappa shape index (κ3) is 19.0. The Morgan fingerprint density at radius 3 is 0.748 bits per heavy atom. The van der Waals surface area contributed by atoms with Crippen molar-refractivity contribution in [3.8, 4) is 103 Å². The number of fused-ring (bicyclic) bond motifs is 6. The highest BCUT2D eigenvalue weighted by atomic mass is 32.5. The van der Waals surface area contributed by atoms with Crippen LogP contribution in [0.25, 0.3) is 130 Å². The number of nitriles is 6. The lowest BCUT2D eigenvalue weighted by atomic mass is 9.86. The Bertz CT molecular complexity index is 8120. The average molecular weight is 2000 g/mol. The van der Waals surface area contributed by atoms with E-state index in [1.54, 1.807) is 62.4 Å². The molecule has 9 aromatic rings. The molecular formula is C96H45F25N14S4. The first-order valence-corrected chi connectivity index (χ1v) is 44.5. The lowest BCUT2D eigenvalue weighted by Gasteiger charge is -2.40. The molecule has 0 spiro atoms. The van der Waals surface area contributed by atoms with Gasteiger partial charge in [0.15, 0.2) is 0 Å². The molecule has 7 aromatic carbocycles. The fourth-order valence-corrected chi connectivity index (χ4v) is 20.2. The molecule has 2 aromatic heterocycles. The van der Waals surface area contributed by atoms with Gasteiger partial charge in [0.2, 0.25) is 0 Å². The van der Waals surface area contributed by atoms with E-state index in [1.807, 2.05) is 0 Å². The van der Waals surface area contributed by atoms with Crippen LogP contribution in [0.15, 0.2) is 233 Å². The van der Waals surface area contributed by atoms with Crippen LogP contribution < -0.4 is 31.3 Å². The standard InChI is InChI=1S/C34H15F9N4S2.C32H15F13N4S2.C30H15F3N6/c1-16-22(31(46-2)47-3)12-24-26(16)27(17-4-8-20(9-5-17)48-33(38,39)40)25-13-23(19(14-44)15-45)30(32(35,36)37)29(25)28(24)18-6-10-21(11-7-18)49-34(41,42)43;1-16-22(31(48-2)49-3)12-24-26(16)27(17-4-8-20(9-5-17)50(36,37,38,39)40)25-13-23(19(14-46)15-47)30(32(33,34)35)29(25)28(24)18-6-10-21(11-7-18)51(41,42,43,44)45;1-16-18(29(36-2)37-3)12-20-24(16)25(22-8-4-6-10-38-22)21-13-19(17(14-34)15-35)28(30(31,32)33)27(21)26(20)23-9-5-7-11-39-23/h4-11H,12-13H2,1H3;4-11H,12-13H2,1H3;4-11H,12-13H2,1H3. The van der Waals surface area contributed by atoms with E-state index in [-0.39, 0.29) is 164 Å². The number of thioether (sulfide) groups is 2. The van der Waals surface area contributed by atoms with Crippen molar-refractivity contribution >= 4 is 77.4 Å². The van der Waals surface area contributed by atoms with E-state index in [9.17, 15) is 110 Å². The van der Waals surface area contributed by atoms with Crippen LogP contribution in [0.3, 0.4) is 0 Å². The van der Waals surface area contributed by atoms with Gasteiger partial charge in [0, 0.05) is 57.8 Å². The number of rotatable bonds is 10. The van der Waals surface area contributed by atoms with Crippen LogP contribution in [0.5, 0.6) is 0 Å². The van der Waals surface area contributed by atoms with Crippen molar-refractivity contribution in [2.24, 2.45) is 0 Å². The van der Waals surface area contributed by atoms with Gasteiger partial charge in [-0.25, -0.2) is 0 Å². The van der Waals surface area contributed by atoms with E-state index in [0.29, 0.717) is 63.0 Å². The van der Waals surface area contributed by atoms with Crippen molar-refractivity contribution < 1.29 is 105 Å². The second-order valence-corrected chi connectivity index (χ2v) is 37.9. The molecule has 0 bridgehead atoms. The number of halogens is 25.